The summed E-state index contributed by atoms with van der Waals surface area (Å²) >= 11 is 0. The van der Waals surface area contributed by atoms with Gasteiger partial charge >= 0.3 is 6.09 Å². The second-order valence-electron chi connectivity index (χ2n) is 5.80. The summed E-state index contributed by atoms with van der Waals surface area (Å²) in [4.78, 5) is 11.8. The molecule has 0 saturated carbocycles. The zero-order valence-electron chi connectivity index (χ0n) is 12.7. The molecule has 19 heavy (non-hydrogen) atoms. The molecule has 110 valence electrons. The third-order valence-electron chi connectivity index (χ3n) is 2.18. The lowest BCUT2D eigenvalue weighted by atomic mass is 10.0. The zero-order chi connectivity index (χ0) is 15.1. The Morgan fingerprint density at radius 3 is 2.37 bits per heavy atom. The van der Waals surface area contributed by atoms with Gasteiger partial charge in [-0.3, -0.25) is 5.21 Å². The molecule has 1 amide bonds. The topological polar surface area (TPSA) is 59.0 Å². The minimum atomic E-state index is -0.752. The normalized spacial score (nSPS) is 12.4. The monoisotopic (exact) mass is 271 g/mol. The number of carbonyl (C=O) groups excluding carboxylic acids is 1. The fourth-order valence-corrected chi connectivity index (χ4v) is 1.50. The summed E-state index contributed by atoms with van der Waals surface area (Å²) in [7, 11) is 1.47. The minimum Gasteiger partial charge on any atom is -0.450 e. The van der Waals surface area contributed by atoms with E-state index in [4.69, 9.17) is 4.74 Å². The van der Waals surface area contributed by atoms with Crippen molar-refractivity contribution in [3.8, 4) is 12.0 Å². The Kier molecular flexibility index (Phi) is 7.32. The van der Waals surface area contributed by atoms with Crippen LogP contribution in [0.25, 0.3) is 0 Å². The number of nitrogens with zero attached hydrogens (tertiary/aromatic N) is 1. The second-order valence-corrected chi connectivity index (χ2v) is 5.80. The average Bonchev–Trinajstić information content (AvgIpc) is 2.24. The average molecular weight is 271 g/mol. The van der Waals surface area contributed by atoms with Gasteiger partial charge < -0.3 is 9.47 Å². The van der Waals surface area contributed by atoms with Crippen molar-refractivity contribution in [2.75, 3.05) is 7.11 Å². The molecule has 5 nitrogen and oxygen atoms in total. The first-order valence-corrected chi connectivity index (χ1v) is 6.39. The molecule has 0 aromatic rings. The van der Waals surface area contributed by atoms with E-state index >= 15 is 0 Å². The second kappa shape index (κ2) is 7.90. The highest BCUT2D eigenvalue weighted by Crippen LogP contribution is 2.16. The zero-order valence-corrected chi connectivity index (χ0v) is 12.7. The minimum absolute atomic E-state index is 0.325. The Hall–Kier alpha value is -1.41. The van der Waals surface area contributed by atoms with Crippen LogP contribution in [-0.2, 0) is 9.47 Å². The molecule has 0 aliphatic heterocycles. The molecule has 0 bridgehead atoms. The van der Waals surface area contributed by atoms with Gasteiger partial charge in [-0.1, -0.05) is 19.8 Å². The van der Waals surface area contributed by atoms with E-state index in [1.54, 1.807) is 20.8 Å². The van der Waals surface area contributed by atoms with Crippen molar-refractivity contribution in [1.29, 1.82) is 0 Å². The van der Waals surface area contributed by atoms with Crippen molar-refractivity contribution in [3.63, 3.8) is 0 Å². The summed E-state index contributed by atoms with van der Waals surface area (Å²) < 4.78 is 9.77. The van der Waals surface area contributed by atoms with Crippen LogP contribution in [0.4, 0.5) is 4.79 Å². The van der Waals surface area contributed by atoms with Gasteiger partial charge in [-0.2, -0.15) is 5.06 Å². The van der Waals surface area contributed by atoms with Gasteiger partial charge in [-0.25, -0.2) is 4.79 Å². The fourth-order valence-electron chi connectivity index (χ4n) is 1.50. The van der Waals surface area contributed by atoms with Crippen LogP contribution in [0.15, 0.2) is 0 Å². The number of carbonyl (C=O) groups is 1. The first-order valence-electron chi connectivity index (χ1n) is 6.39. The first kappa shape index (κ1) is 17.6. The third kappa shape index (κ3) is 8.33. The highest BCUT2D eigenvalue weighted by atomic mass is 16.6. The van der Waals surface area contributed by atoms with E-state index in [0.29, 0.717) is 23.8 Å². The van der Waals surface area contributed by atoms with Crippen molar-refractivity contribution >= 4 is 6.09 Å². The predicted molar refractivity (Wildman–Crippen MR) is 72.5 cm³/mol. The summed E-state index contributed by atoms with van der Waals surface area (Å²) in [5.74, 6) is 3.08. The first-order chi connectivity index (χ1) is 8.67. The van der Waals surface area contributed by atoms with Crippen molar-refractivity contribution in [2.24, 2.45) is 5.92 Å². The Balaban J connectivity index is 4.69. The van der Waals surface area contributed by atoms with Crippen LogP contribution in [0.5, 0.6) is 0 Å². The maximum absolute atomic E-state index is 11.8. The summed E-state index contributed by atoms with van der Waals surface area (Å²) in [6.07, 6.45) is 2.67. The molecule has 0 saturated heterocycles. The highest BCUT2D eigenvalue weighted by Gasteiger charge is 2.27. The summed E-state index contributed by atoms with van der Waals surface area (Å²) in [6, 6.07) is -0.405. The van der Waals surface area contributed by atoms with Crippen LogP contribution in [0.1, 0.15) is 47.5 Å². The van der Waals surface area contributed by atoms with Gasteiger partial charge in [0.25, 0.3) is 0 Å². The van der Waals surface area contributed by atoms with Crippen molar-refractivity contribution in [3.05, 3.63) is 0 Å². The molecule has 0 aromatic heterocycles. The quantitative estimate of drug-likeness (QED) is 0.485. The van der Waals surface area contributed by atoms with E-state index < -0.39 is 17.7 Å². The Morgan fingerprint density at radius 1 is 1.37 bits per heavy atom. The van der Waals surface area contributed by atoms with E-state index in [2.05, 4.69) is 16.8 Å². The van der Waals surface area contributed by atoms with Crippen LogP contribution >= 0.6 is 0 Å². The Bertz CT molecular complexity index is 336. The maximum Gasteiger partial charge on any atom is 0.434 e. The molecular weight excluding hydrogens is 246 g/mol. The molecule has 1 atom stereocenters. The maximum atomic E-state index is 11.8. The molecule has 0 radical (unpaired) electrons. The number of hydrogen-bond acceptors (Lipinski definition) is 4. The van der Waals surface area contributed by atoms with Gasteiger partial charge in [0.05, 0.1) is 13.2 Å². The number of rotatable bonds is 4. The SMILES string of the molecule is COC#CCC(CC(C)C)N(O)C(=O)OC(C)(C)C. The number of ether oxygens (including phenoxy) is 2. The Morgan fingerprint density at radius 2 is 1.95 bits per heavy atom. The smallest absolute Gasteiger partial charge is 0.434 e. The lowest BCUT2D eigenvalue weighted by molar-refractivity contribution is -0.122. The van der Waals surface area contributed by atoms with Gasteiger partial charge in [-0.05, 0) is 33.1 Å². The lowest BCUT2D eigenvalue weighted by Crippen LogP contribution is -2.41. The van der Waals surface area contributed by atoms with Gasteiger partial charge in [0.2, 0.25) is 0 Å². The molecule has 1 unspecified atom stereocenters. The van der Waals surface area contributed by atoms with Crippen LogP contribution in [-0.4, -0.2) is 35.1 Å². The van der Waals surface area contributed by atoms with Crippen LogP contribution in [0.3, 0.4) is 0 Å². The van der Waals surface area contributed by atoms with Gasteiger partial charge in [-0.15, -0.1) is 0 Å². The largest absolute Gasteiger partial charge is 0.450 e. The molecular formula is C14H25NO4. The molecule has 5 heteroatoms. The van der Waals surface area contributed by atoms with Crippen molar-refractivity contribution in [1.82, 2.24) is 5.06 Å². The standard InChI is InChI=1S/C14H25NO4/c1-11(2)10-12(8-7-9-18-6)15(17)13(16)19-14(3,4)5/h11-12,17H,8,10H2,1-6H3. The molecule has 1 N–H and O–H groups in total. The fraction of sp³-hybridized carbons (Fsp3) is 0.786. The number of hydroxylamine groups is 2. The predicted octanol–water partition coefficient (Wildman–Crippen LogP) is 3.02. The van der Waals surface area contributed by atoms with Crippen molar-refractivity contribution in [2.45, 2.75) is 59.1 Å². The van der Waals surface area contributed by atoms with Gasteiger partial charge in [0, 0.05) is 6.42 Å². The summed E-state index contributed by atoms with van der Waals surface area (Å²) in [6.45, 7) is 9.28. The van der Waals surface area contributed by atoms with Gasteiger partial charge in [0.1, 0.15) is 11.7 Å². The van der Waals surface area contributed by atoms with Crippen LogP contribution in [0.2, 0.25) is 0 Å². The molecule has 0 rings (SSSR count). The number of hydrogen-bond donors (Lipinski definition) is 1. The van der Waals surface area contributed by atoms with Crippen molar-refractivity contribution < 1.29 is 19.5 Å². The molecule has 0 fully saturated rings. The highest BCUT2D eigenvalue weighted by molar-refractivity contribution is 5.67. The van der Waals surface area contributed by atoms with E-state index in [-0.39, 0.29) is 0 Å². The molecule has 0 heterocycles. The van der Waals surface area contributed by atoms with E-state index in [9.17, 15) is 10.0 Å². The van der Waals surface area contributed by atoms with Crippen LogP contribution < -0.4 is 0 Å². The molecule has 0 aliphatic rings. The third-order valence-corrected chi connectivity index (χ3v) is 2.18. The summed E-state index contributed by atoms with van der Waals surface area (Å²) in [5.41, 5.74) is -0.640. The molecule has 0 spiro atoms. The Labute approximate surface area is 115 Å². The number of methoxy groups -OCH3 is 1. The van der Waals surface area contributed by atoms with Crippen LogP contribution in [0, 0.1) is 17.9 Å². The van der Waals surface area contributed by atoms with E-state index in [1.807, 2.05) is 13.8 Å². The molecule has 0 aliphatic carbocycles. The van der Waals surface area contributed by atoms with E-state index in [0.717, 1.165) is 0 Å². The molecule has 0 aromatic carbocycles. The van der Waals surface area contributed by atoms with E-state index in [1.165, 1.54) is 7.11 Å². The number of amides is 1. The van der Waals surface area contributed by atoms with Gasteiger partial charge in [0.15, 0.2) is 0 Å². The lowest BCUT2D eigenvalue weighted by Gasteiger charge is -2.28. The summed E-state index contributed by atoms with van der Waals surface area (Å²) in [5, 5.41) is 10.6.